The van der Waals surface area contributed by atoms with Crippen LogP contribution in [-0.2, 0) is 6.42 Å². The number of aromatic amines is 1. The fourth-order valence-corrected chi connectivity index (χ4v) is 3.08. The van der Waals surface area contributed by atoms with E-state index in [2.05, 4.69) is 49.8 Å². The van der Waals surface area contributed by atoms with Crippen LogP contribution in [0.5, 0.6) is 0 Å². The Hall–Kier alpha value is -0.650. The van der Waals surface area contributed by atoms with Gasteiger partial charge in [0, 0.05) is 28.5 Å². The summed E-state index contributed by atoms with van der Waals surface area (Å²) in [6.45, 7) is 3.09. The van der Waals surface area contributed by atoms with Crippen molar-refractivity contribution in [3.8, 4) is 10.6 Å². The van der Waals surface area contributed by atoms with Crippen LogP contribution in [0.2, 0.25) is 0 Å². The van der Waals surface area contributed by atoms with Gasteiger partial charge in [0.25, 0.3) is 0 Å². The molecule has 2 N–H and O–H groups in total. The van der Waals surface area contributed by atoms with E-state index >= 15 is 0 Å². The molecule has 0 aliphatic rings. The first-order valence-corrected chi connectivity index (χ1v) is 6.82. The van der Waals surface area contributed by atoms with Crippen LogP contribution in [0.4, 0.5) is 0 Å². The van der Waals surface area contributed by atoms with Gasteiger partial charge in [-0.3, -0.25) is 5.10 Å². The van der Waals surface area contributed by atoms with Gasteiger partial charge in [-0.15, -0.1) is 11.3 Å². The molecule has 0 spiro atoms. The van der Waals surface area contributed by atoms with E-state index in [1.165, 1.54) is 16.1 Å². The highest BCUT2D eigenvalue weighted by molar-refractivity contribution is 9.10. The average Bonchev–Trinajstić information content (AvgIpc) is 2.83. The van der Waals surface area contributed by atoms with E-state index in [4.69, 9.17) is 0 Å². The van der Waals surface area contributed by atoms with Gasteiger partial charge in [-0.25, -0.2) is 0 Å². The zero-order chi connectivity index (χ0) is 11.5. The molecule has 2 heterocycles. The van der Waals surface area contributed by atoms with Crippen LogP contribution in [0.3, 0.4) is 0 Å². The third kappa shape index (κ3) is 2.36. The van der Waals surface area contributed by atoms with Crippen LogP contribution in [0.1, 0.15) is 11.3 Å². The molecule has 0 amide bonds. The molecular weight excluding hydrogens is 286 g/mol. The smallest absolute Gasteiger partial charge is 0.105 e. The van der Waals surface area contributed by atoms with Crippen molar-refractivity contribution in [3.63, 3.8) is 0 Å². The minimum absolute atomic E-state index is 0.969. The minimum atomic E-state index is 0.969. The number of aromatic nitrogens is 2. The van der Waals surface area contributed by atoms with Gasteiger partial charge in [-0.1, -0.05) is 0 Å². The third-order valence-electron chi connectivity index (χ3n) is 2.54. The van der Waals surface area contributed by atoms with Crippen LogP contribution in [0.15, 0.2) is 15.9 Å². The van der Waals surface area contributed by atoms with Crippen LogP contribution in [0.25, 0.3) is 10.6 Å². The highest BCUT2D eigenvalue weighted by atomic mass is 79.9. The molecular formula is C11H14BrN3S. The molecule has 0 bridgehead atoms. The lowest BCUT2D eigenvalue weighted by Crippen LogP contribution is -2.11. The number of nitrogens with zero attached hydrogens (tertiary/aromatic N) is 1. The quantitative estimate of drug-likeness (QED) is 0.911. The van der Waals surface area contributed by atoms with Crippen molar-refractivity contribution >= 4 is 27.3 Å². The normalized spacial score (nSPS) is 10.9. The molecule has 0 unspecified atom stereocenters. The Kier molecular flexibility index (Phi) is 3.78. The lowest BCUT2D eigenvalue weighted by atomic mass is 10.1. The summed E-state index contributed by atoms with van der Waals surface area (Å²) in [6, 6.07) is 2.11. The number of H-pyrrole nitrogens is 1. The Morgan fingerprint density at radius 3 is 3.00 bits per heavy atom. The predicted octanol–water partition coefficient (Wildman–Crippen LogP) is 2.97. The zero-order valence-electron chi connectivity index (χ0n) is 9.30. The number of hydrogen-bond donors (Lipinski definition) is 2. The van der Waals surface area contributed by atoms with Crippen LogP contribution < -0.4 is 5.32 Å². The molecule has 5 heteroatoms. The van der Waals surface area contributed by atoms with E-state index in [1.807, 2.05) is 7.05 Å². The first kappa shape index (κ1) is 11.8. The van der Waals surface area contributed by atoms with Crippen molar-refractivity contribution < 1.29 is 0 Å². The number of thiophene rings is 1. The Bertz CT molecular complexity index is 475. The second-order valence-electron chi connectivity index (χ2n) is 3.66. The molecule has 0 radical (unpaired) electrons. The maximum Gasteiger partial charge on any atom is 0.105 e. The number of likely N-dealkylation sites (N-methyl/N-ethyl adjacent to an activating group) is 1. The Labute approximate surface area is 107 Å². The van der Waals surface area contributed by atoms with Crippen molar-refractivity contribution in [1.82, 2.24) is 15.5 Å². The summed E-state index contributed by atoms with van der Waals surface area (Å²) in [5, 5.41) is 12.7. The average molecular weight is 300 g/mol. The van der Waals surface area contributed by atoms with E-state index in [1.54, 1.807) is 11.3 Å². The molecule has 86 valence electrons. The molecule has 2 aromatic rings. The van der Waals surface area contributed by atoms with Gasteiger partial charge in [0.1, 0.15) is 5.69 Å². The molecule has 2 rings (SSSR count). The van der Waals surface area contributed by atoms with Crippen molar-refractivity contribution in [3.05, 3.63) is 27.2 Å². The van der Waals surface area contributed by atoms with E-state index in [9.17, 15) is 0 Å². The van der Waals surface area contributed by atoms with Gasteiger partial charge >= 0.3 is 0 Å². The van der Waals surface area contributed by atoms with Gasteiger partial charge in [0.15, 0.2) is 0 Å². The van der Waals surface area contributed by atoms with Crippen LogP contribution in [0, 0.1) is 6.92 Å². The molecule has 0 aromatic carbocycles. The minimum Gasteiger partial charge on any atom is -0.319 e. The summed E-state index contributed by atoms with van der Waals surface area (Å²) in [4.78, 5) is 1.20. The SMILES string of the molecule is CNCCc1[nH]nc(-c2cc(Br)cs2)c1C. The van der Waals surface area contributed by atoms with Gasteiger partial charge in [-0.2, -0.15) is 5.10 Å². The number of hydrogen-bond acceptors (Lipinski definition) is 3. The standard InChI is InChI=1S/C11H14BrN3S/c1-7-9(3-4-13-2)14-15-11(7)10-5-8(12)6-16-10/h5-6,13H,3-4H2,1-2H3,(H,14,15). The van der Waals surface area contributed by atoms with Crippen LogP contribution >= 0.6 is 27.3 Å². The molecule has 0 aliphatic heterocycles. The van der Waals surface area contributed by atoms with Crippen molar-refractivity contribution in [2.75, 3.05) is 13.6 Å². The summed E-state index contributed by atoms with van der Waals surface area (Å²) < 4.78 is 1.12. The Balaban J connectivity index is 2.26. The van der Waals surface area contributed by atoms with Crippen molar-refractivity contribution in [1.29, 1.82) is 0 Å². The number of halogens is 1. The summed E-state index contributed by atoms with van der Waals surface area (Å²) in [5.74, 6) is 0. The van der Waals surface area contributed by atoms with E-state index < -0.39 is 0 Å². The predicted molar refractivity (Wildman–Crippen MR) is 72.0 cm³/mol. The van der Waals surface area contributed by atoms with Gasteiger partial charge < -0.3 is 5.32 Å². The molecule has 0 atom stereocenters. The molecule has 16 heavy (non-hydrogen) atoms. The second kappa shape index (κ2) is 5.12. The molecule has 0 fully saturated rings. The van der Waals surface area contributed by atoms with Gasteiger partial charge in [0.2, 0.25) is 0 Å². The molecule has 0 saturated carbocycles. The third-order valence-corrected chi connectivity index (χ3v) is 4.23. The first-order chi connectivity index (χ1) is 7.72. The molecule has 2 aromatic heterocycles. The second-order valence-corrected chi connectivity index (χ2v) is 5.49. The number of nitrogens with one attached hydrogen (secondary N) is 2. The fraction of sp³-hybridized carbons (Fsp3) is 0.364. The molecule has 0 saturated heterocycles. The maximum absolute atomic E-state index is 4.39. The highest BCUT2D eigenvalue weighted by Gasteiger charge is 2.11. The summed E-state index contributed by atoms with van der Waals surface area (Å²) in [7, 11) is 1.96. The first-order valence-electron chi connectivity index (χ1n) is 5.15. The molecule has 0 aliphatic carbocycles. The van der Waals surface area contributed by atoms with Gasteiger partial charge in [0.05, 0.1) is 4.88 Å². The Morgan fingerprint density at radius 2 is 2.38 bits per heavy atom. The van der Waals surface area contributed by atoms with Crippen LogP contribution in [-0.4, -0.2) is 23.8 Å². The Morgan fingerprint density at radius 1 is 1.56 bits per heavy atom. The monoisotopic (exact) mass is 299 g/mol. The maximum atomic E-state index is 4.39. The fourth-order valence-electron chi connectivity index (χ4n) is 1.60. The highest BCUT2D eigenvalue weighted by Crippen LogP contribution is 2.31. The summed E-state index contributed by atoms with van der Waals surface area (Å²) in [6.07, 6.45) is 0.988. The van der Waals surface area contributed by atoms with Gasteiger partial charge in [-0.05, 0) is 41.5 Å². The van der Waals surface area contributed by atoms with E-state index in [-0.39, 0.29) is 0 Å². The largest absolute Gasteiger partial charge is 0.319 e. The molecule has 3 nitrogen and oxygen atoms in total. The topological polar surface area (TPSA) is 40.7 Å². The summed E-state index contributed by atoms with van der Waals surface area (Å²) in [5.41, 5.74) is 3.54. The lowest BCUT2D eigenvalue weighted by Gasteiger charge is -1.98. The lowest BCUT2D eigenvalue weighted by molar-refractivity contribution is 0.769. The number of rotatable bonds is 4. The zero-order valence-corrected chi connectivity index (χ0v) is 11.7. The van der Waals surface area contributed by atoms with E-state index in [0.29, 0.717) is 0 Å². The van der Waals surface area contributed by atoms with Crippen molar-refractivity contribution in [2.45, 2.75) is 13.3 Å². The van der Waals surface area contributed by atoms with Crippen molar-refractivity contribution in [2.24, 2.45) is 0 Å². The summed E-state index contributed by atoms with van der Waals surface area (Å²) >= 11 is 5.17. The van der Waals surface area contributed by atoms with E-state index in [0.717, 1.165) is 23.1 Å².